The summed E-state index contributed by atoms with van der Waals surface area (Å²) >= 11 is 0. The number of nitrogens with zero attached hydrogens (tertiary/aromatic N) is 2. The number of rotatable bonds is 7. The Kier molecular flexibility index (Phi) is 6.21. The molecule has 112 valence electrons. The molecule has 1 N–H and O–H groups in total. The third-order valence-corrected chi connectivity index (χ3v) is 3.64. The van der Waals surface area contributed by atoms with E-state index in [2.05, 4.69) is 22.2 Å². The van der Waals surface area contributed by atoms with E-state index >= 15 is 0 Å². The van der Waals surface area contributed by atoms with Gasteiger partial charge in [0, 0.05) is 13.7 Å². The van der Waals surface area contributed by atoms with Gasteiger partial charge in [0.15, 0.2) is 0 Å². The summed E-state index contributed by atoms with van der Waals surface area (Å²) in [6.07, 6.45) is 9.69. The second-order valence-corrected chi connectivity index (χ2v) is 5.28. The van der Waals surface area contributed by atoms with E-state index in [0.29, 0.717) is 12.7 Å². The second kappa shape index (κ2) is 8.17. The van der Waals surface area contributed by atoms with E-state index in [4.69, 9.17) is 9.47 Å². The summed E-state index contributed by atoms with van der Waals surface area (Å²) in [5, 5.41) is 3.21. The lowest BCUT2D eigenvalue weighted by Gasteiger charge is -2.28. The Balaban J connectivity index is 1.75. The minimum absolute atomic E-state index is 0.286. The van der Waals surface area contributed by atoms with Crippen LogP contribution in [0.3, 0.4) is 0 Å². The smallest absolute Gasteiger partial charge is 0.144 e. The third-order valence-electron chi connectivity index (χ3n) is 3.64. The van der Waals surface area contributed by atoms with Gasteiger partial charge in [-0.2, -0.15) is 0 Å². The number of aromatic nitrogens is 2. The van der Waals surface area contributed by atoms with Crippen LogP contribution in [0.4, 0.5) is 5.82 Å². The Morgan fingerprint density at radius 3 is 2.80 bits per heavy atom. The average Bonchev–Trinajstić information content (AvgIpc) is 2.52. The molecular formula is C15H25N3O2. The predicted octanol–water partition coefficient (Wildman–Crippen LogP) is 2.77. The quantitative estimate of drug-likeness (QED) is 0.831. The lowest BCUT2D eigenvalue weighted by Crippen LogP contribution is -2.27. The van der Waals surface area contributed by atoms with Gasteiger partial charge in [-0.3, -0.25) is 4.98 Å². The summed E-state index contributed by atoms with van der Waals surface area (Å²) < 4.78 is 11.3. The fraction of sp³-hybridized carbons (Fsp3) is 0.733. The molecule has 5 nitrogen and oxygen atoms in total. The van der Waals surface area contributed by atoms with E-state index in [0.717, 1.165) is 43.7 Å². The van der Waals surface area contributed by atoms with E-state index < -0.39 is 0 Å². The molecule has 1 fully saturated rings. The zero-order chi connectivity index (χ0) is 14.2. The first-order valence-corrected chi connectivity index (χ1v) is 7.51. The minimum Gasteiger partial charge on any atom is -0.381 e. The molecule has 1 aliphatic rings. The van der Waals surface area contributed by atoms with E-state index in [-0.39, 0.29) is 6.10 Å². The van der Waals surface area contributed by atoms with Gasteiger partial charge in [-0.05, 0) is 32.1 Å². The van der Waals surface area contributed by atoms with Crippen LogP contribution in [0.1, 0.15) is 44.7 Å². The van der Waals surface area contributed by atoms with Crippen molar-refractivity contribution in [3.05, 3.63) is 18.1 Å². The number of ether oxygens (including phenoxy) is 2. The maximum Gasteiger partial charge on any atom is 0.144 e. The Bertz CT molecular complexity index is 383. The average molecular weight is 279 g/mol. The maximum atomic E-state index is 5.92. The van der Waals surface area contributed by atoms with Crippen molar-refractivity contribution in [2.75, 3.05) is 19.0 Å². The molecule has 1 aromatic heterocycles. The van der Waals surface area contributed by atoms with Crippen molar-refractivity contribution in [3.63, 3.8) is 0 Å². The van der Waals surface area contributed by atoms with Gasteiger partial charge in [0.05, 0.1) is 36.9 Å². The van der Waals surface area contributed by atoms with Gasteiger partial charge in [0.1, 0.15) is 5.82 Å². The molecule has 1 aliphatic carbocycles. The van der Waals surface area contributed by atoms with Crippen LogP contribution in [0.25, 0.3) is 0 Å². The standard InChI is InChI=1S/C15H25N3O2/c1-3-7-16-15-10-17-12(9-18-15)11-20-14-6-4-5-13(8-14)19-2/h9-10,13-14H,3-8,11H2,1-2H3,(H,16,18). The van der Waals surface area contributed by atoms with Gasteiger partial charge in [-0.15, -0.1) is 0 Å². The predicted molar refractivity (Wildman–Crippen MR) is 78.7 cm³/mol. The van der Waals surface area contributed by atoms with E-state index in [1.54, 1.807) is 19.5 Å². The van der Waals surface area contributed by atoms with Gasteiger partial charge in [-0.1, -0.05) is 6.92 Å². The molecule has 5 heteroatoms. The number of hydrogen-bond donors (Lipinski definition) is 1. The maximum absolute atomic E-state index is 5.92. The van der Waals surface area contributed by atoms with Gasteiger partial charge in [0.2, 0.25) is 0 Å². The van der Waals surface area contributed by atoms with Crippen molar-refractivity contribution in [1.82, 2.24) is 9.97 Å². The molecule has 1 aromatic rings. The molecule has 1 saturated carbocycles. The second-order valence-electron chi connectivity index (χ2n) is 5.28. The van der Waals surface area contributed by atoms with Crippen LogP contribution in [0.15, 0.2) is 12.4 Å². The molecular weight excluding hydrogens is 254 g/mol. The largest absolute Gasteiger partial charge is 0.381 e. The lowest BCUT2D eigenvalue weighted by molar-refractivity contribution is -0.0372. The summed E-state index contributed by atoms with van der Waals surface area (Å²) in [5.41, 5.74) is 0.881. The van der Waals surface area contributed by atoms with Crippen LogP contribution >= 0.6 is 0 Å². The summed E-state index contributed by atoms with van der Waals surface area (Å²) in [6.45, 7) is 3.58. The first-order chi connectivity index (χ1) is 9.81. The molecule has 0 aromatic carbocycles. The molecule has 0 saturated heterocycles. The number of anilines is 1. The Labute approximate surface area is 121 Å². The van der Waals surface area contributed by atoms with Gasteiger partial charge >= 0.3 is 0 Å². The molecule has 2 unspecified atom stereocenters. The van der Waals surface area contributed by atoms with Crippen molar-refractivity contribution < 1.29 is 9.47 Å². The molecule has 0 amide bonds. The Morgan fingerprint density at radius 1 is 1.25 bits per heavy atom. The Hall–Kier alpha value is -1.20. The van der Waals surface area contributed by atoms with Crippen LogP contribution in [-0.4, -0.2) is 35.8 Å². The van der Waals surface area contributed by atoms with Crippen molar-refractivity contribution in [2.45, 2.75) is 57.8 Å². The van der Waals surface area contributed by atoms with Crippen molar-refractivity contribution in [1.29, 1.82) is 0 Å². The highest BCUT2D eigenvalue weighted by Crippen LogP contribution is 2.23. The van der Waals surface area contributed by atoms with Crippen molar-refractivity contribution in [3.8, 4) is 0 Å². The molecule has 2 atom stereocenters. The molecule has 2 rings (SSSR count). The zero-order valence-corrected chi connectivity index (χ0v) is 12.5. The third kappa shape index (κ3) is 4.72. The highest BCUT2D eigenvalue weighted by Gasteiger charge is 2.22. The topological polar surface area (TPSA) is 56.3 Å². The van der Waals surface area contributed by atoms with Crippen molar-refractivity contribution >= 4 is 5.82 Å². The molecule has 0 spiro atoms. The lowest BCUT2D eigenvalue weighted by atomic mass is 9.95. The Morgan fingerprint density at radius 2 is 2.10 bits per heavy atom. The van der Waals surface area contributed by atoms with Gasteiger partial charge in [0.25, 0.3) is 0 Å². The fourth-order valence-corrected chi connectivity index (χ4v) is 2.44. The summed E-state index contributed by atoms with van der Waals surface area (Å²) in [4.78, 5) is 8.71. The summed E-state index contributed by atoms with van der Waals surface area (Å²) in [7, 11) is 1.78. The summed E-state index contributed by atoms with van der Waals surface area (Å²) in [6, 6.07) is 0. The van der Waals surface area contributed by atoms with Crippen LogP contribution in [0, 0.1) is 0 Å². The van der Waals surface area contributed by atoms with Crippen LogP contribution in [0.2, 0.25) is 0 Å². The van der Waals surface area contributed by atoms with E-state index in [1.807, 2.05) is 0 Å². The molecule has 0 aliphatic heterocycles. The molecule has 20 heavy (non-hydrogen) atoms. The normalized spacial score (nSPS) is 22.7. The zero-order valence-electron chi connectivity index (χ0n) is 12.5. The number of hydrogen-bond acceptors (Lipinski definition) is 5. The molecule has 0 radical (unpaired) electrons. The van der Waals surface area contributed by atoms with Crippen LogP contribution in [0.5, 0.6) is 0 Å². The highest BCUT2D eigenvalue weighted by atomic mass is 16.5. The highest BCUT2D eigenvalue weighted by molar-refractivity contribution is 5.30. The summed E-state index contributed by atoms with van der Waals surface area (Å²) in [5.74, 6) is 0.827. The first kappa shape index (κ1) is 15.2. The van der Waals surface area contributed by atoms with Gasteiger partial charge < -0.3 is 14.8 Å². The van der Waals surface area contributed by atoms with Crippen molar-refractivity contribution in [2.24, 2.45) is 0 Å². The van der Waals surface area contributed by atoms with Crippen LogP contribution in [-0.2, 0) is 16.1 Å². The molecule has 0 bridgehead atoms. The van der Waals surface area contributed by atoms with E-state index in [9.17, 15) is 0 Å². The minimum atomic E-state index is 0.286. The fourth-order valence-electron chi connectivity index (χ4n) is 2.44. The number of methoxy groups -OCH3 is 1. The molecule has 1 heterocycles. The monoisotopic (exact) mass is 279 g/mol. The van der Waals surface area contributed by atoms with E-state index in [1.165, 1.54) is 6.42 Å². The van der Waals surface area contributed by atoms with Crippen LogP contribution < -0.4 is 5.32 Å². The number of nitrogens with one attached hydrogen (secondary N) is 1. The van der Waals surface area contributed by atoms with Gasteiger partial charge in [-0.25, -0.2) is 4.98 Å². The first-order valence-electron chi connectivity index (χ1n) is 7.51. The SMILES string of the molecule is CCCNc1cnc(COC2CCCC(OC)C2)cn1.